The van der Waals surface area contributed by atoms with E-state index in [-0.39, 0.29) is 0 Å². The highest BCUT2D eigenvalue weighted by Crippen LogP contribution is 2.37. The fourth-order valence-electron chi connectivity index (χ4n) is 6.64. The average molecular weight is 589 g/mol. The van der Waals surface area contributed by atoms with Crippen molar-refractivity contribution >= 4 is 32.7 Å². The minimum absolute atomic E-state index is 0.699. The van der Waals surface area contributed by atoms with Crippen LogP contribution in [-0.4, -0.2) is 19.1 Å². The number of para-hydroxylation sites is 3. The molecule has 0 aliphatic rings. The van der Waals surface area contributed by atoms with Gasteiger partial charge >= 0.3 is 0 Å². The first-order valence-electron chi connectivity index (χ1n) is 15.5. The van der Waals surface area contributed by atoms with Crippen molar-refractivity contribution in [3.63, 3.8) is 0 Å². The van der Waals surface area contributed by atoms with E-state index < -0.39 is 0 Å². The molecule has 0 spiro atoms. The highest BCUT2D eigenvalue weighted by atomic mass is 15.1. The molecule has 0 N–H and O–H groups in total. The zero-order valence-corrected chi connectivity index (χ0v) is 25.0. The lowest BCUT2D eigenvalue weighted by Gasteiger charge is -2.11. The molecule has 46 heavy (non-hydrogen) atoms. The van der Waals surface area contributed by atoms with Gasteiger partial charge in [-0.2, -0.15) is 0 Å². The Morgan fingerprint density at radius 3 is 1.67 bits per heavy atom. The quantitative estimate of drug-likeness (QED) is 0.200. The first-order valence-corrected chi connectivity index (χ1v) is 15.5. The molecular weight excluding hydrogens is 560 g/mol. The summed E-state index contributed by atoms with van der Waals surface area (Å²) in [6.45, 7) is 0. The van der Waals surface area contributed by atoms with Crippen LogP contribution in [0, 0.1) is 0 Å². The molecule has 0 aliphatic carbocycles. The summed E-state index contributed by atoms with van der Waals surface area (Å²) in [7, 11) is 0. The van der Waals surface area contributed by atoms with Crippen LogP contribution in [0.15, 0.2) is 170 Å². The predicted octanol–water partition coefficient (Wildman–Crippen LogP) is 10.5. The summed E-state index contributed by atoms with van der Waals surface area (Å²) >= 11 is 0. The predicted molar refractivity (Wildman–Crippen MR) is 190 cm³/mol. The Kier molecular flexibility index (Phi) is 6.10. The van der Waals surface area contributed by atoms with Crippen molar-refractivity contribution in [1.82, 2.24) is 19.1 Å². The first-order chi connectivity index (χ1) is 22.8. The Labute approximate surface area is 266 Å². The van der Waals surface area contributed by atoms with E-state index in [4.69, 9.17) is 9.97 Å². The van der Waals surface area contributed by atoms with Gasteiger partial charge in [0.25, 0.3) is 0 Å². The Hall–Kier alpha value is -6.26. The van der Waals surface area contributed by atoms with E-state index >= 15 is 0 Å². The molecule has 0 aliphatic heterocycles. The molecule has 0 fully saturated rings. The molecule has 0 unspecified atom stereocenters. The second-order valence-electron chi connectivity index (χ2n) is 11.5. The maximum Gasteiger partial charge on any atom is 0.162 e. The highest BCUT2D eigenvalue weighted by Gasteiger charge is 2.17. The third-order valence-corrected chi connectivity index (χ3v) is 8.77. The van der Waals surface area contributed by atoms with Gasteiger partial charge in [-0.3, -0.25) is 0 Å². The lowest BCUT2D eigenvalue weighted by Crippen LogP contribution is -2.01. The topological polar surface area (TPSA) is 35.6 Å². The van der Waals surface area contributed by atoms with Crippen LogP contribution in [0.2, 0.25) is 0 Å². The third kappa shape index (κ3) is 4.31. The molecule has 9 rings (SSSR count). The number of rotatable bonds is 5. The minimum atomic E-state index is 0.699. The lowest BCUT2D eigenvalue weighted by molar-refractivity contribution is 1.02. The van der Waals surface area contributed by atoms with Crippen LogP contribution in [0.1, 0.15) is 0 Å². The molecule has 0 atom stereocenters. The molecular formula is C42H28N4. The van der Waals surface area contributed by atoms with Crippen molar-refractivity contribution in [2.24, 2.45) is 0 Å². The maximum atomic E-state index is 5.13. The molecule has 216 valence electrons. The third-order valence-electron chi connectivity index (χ3n) is 8.77. The molecule has 0 radical (unpaired) electrons. The molecule has 3 heterocycles. The van der Waals surface area contributed by atoms with Gasteiger partial charge in [-0.15, -0.1) is 0 Å². The van der Waals surface area contributed by atoms with Crippen molar-refractivity contribution in [3.05, 3.63) is 170 Å². The van der Waals surface area contributed by atoms with Crippen LogP contribution in [0.25, 0.3) is 78.0 Å². The fourth-order valence-corrected chi connectivity index (χ4v) is 6.64. The Balaban J connectivity index is 1.24. The first kappa shape index (κ1) is 26.2. The van der Waals surface area contributed by atoms with Crippen molar-refractivity contribution in [3.8, 4) is 45.3 Å². The monoisotopic (exact) mass is 588 g/mol. The number of benzene rings is 6. The lowest BCUT2D eigenvalue weighted by atomic mass is 10.0. The average Bonchev–Trinajstić information content (AvgIpc) is 3.69. The Morgan fingerprint density at radius 2 is 0.978 bits per heavy atom. The van der Waals surface area contributed by atoms with E-state index in [0.29, 0.717) is 5.82 Å². The number of hydrogen-bond acceptors (Lipinski definition) is 2. The highest BCUT2D eigenvalue weighted by molar-refractivity contribution is 6.09. The van der Waals surface area contributed by atoms with Crippen LogP contribution in [0.3, 0.4) is 0 Å². The smallest absolute Gasteiger partial charge is 0.162 e. The van der Waals surface area contributed by atoms with Crippen LogP contribution >= 0.6 is 0 Å². The van der Waals surface area contributed by atoms with E-state index in [2.05, 4.69) is 143 Å². The maximum absolute atomic E-state index is 5.13. The van der Waals surface area contributed by atoms with Crippen molar-refractivity contribution in [2.45, 2.75) is 0 Å². The molecule has 0 bridgehead atoms. The minimum Gasteiger partial charge on any atom is -0.309 e. The Morgan fingerprint density at radius 1 is 0.413 bits per heavy atom. The summed E-state index contributed by atoms with van der Waals surface area (Å²) in [4.78, 5) is 10.1. The van der Waals surface area contributed by atoms with Gasteiger partial charge < -0.3 is 9.13 Å². The van der Waals surface area contributed by atoms with Crippen LogP contribution < -0.4 is 0 Å². The summed E-state index contributed by atoms with van der Waals surface area (Å²) in [5, 5.41) is 3.68. The summed E-state index contributed by atoms with van der Waals surface area (Å²) < 4.78 is 4.58. The molecule has 9 aromatic rings. The van der Waals surface area contributed by atoms with Gasteiger partial charge in [-0.1, -0.05) is 127 Å². The standard InChI is InChI=1S/C42H28N4/c1-3-14-29(15-4-1)37-27-41(44-42(43-37)30-16-5-2-6-17-30)45-28-36(35-22-7-10-23-38(35)45)31-18-13-19-32(26-31)46-39-24-11-8-20-33(39)34-21-9-12-25-40(34)46/h1-28H. The van der Waals surface area contributed by atoms with E-state index in [1.165, 1.54) is 27.2 Å². The number of hydrogen-bond donors (Lipinski definition) is 0. The van der Waals surface area contributed by atoms with Crippen LogP contribution in [0.4, 0.5) is 0 Å². The summed E-state index contributed by atoms with van der Waals surface area (Å²) in [5.74, 6) is 1.53. The largest absolute Gasteiger partial charge is 0.309 e. The van der Waals surface area contributed by atoms with Gasteiger partial charge in [0.1, 0.15) is 5.82 Å². The molecule has 3 aromatic heterocycles. The van der Waals surface area contributed by atoms with Gasteiger partial charge in [0.05, 0.1) is 22.2 Å². The normalized spacial score (nSPS) is 11.5. The van der Waals surface area contributed by atoms with Crippen molar-refractivity contribution in [1.29, 1.82) is 0 Å². The number of nitrogens with zero attached hydrogens (tertiary/aromatic N) is 4. The van der Waals surface area contributed by atoms with E-state index in [9.17, 15) is 0 Å². The molecule has 4 heteroatoms. The van der Waals surface area contributed by atoms with Gasteiger partial charge in [0.2, 0.25) is 0 Å². The zero-order chi connectivity index (χ0) is 30.5. The summed E-state index contributed by atoms with van der Waals surface area (Å²) in [6, 6.07) is 57.3. The van der Waals surface area contributed by atoms with Gasteiger partial charge in [-0.05, 0) is 35.9 Å². The van der Waals surface area contributed by atoms with E-state index in [0.717, 1.165) is 45.0 Å². The number of aromatic nitrogens is 4. The van der Waals surface area contributed by atoms with Crippen LogP contribution in [0.5, 0.6) is 0 Å². The van der Waals surface area contributed by atoms with Gasteiger partial charge in [0, 0.05) is 50.8 Å². The second kappa shape index (κ2) is 10.7. The molecule has 0 saturated heterocycles. The van der Waals surface area contributed by atoms with Crippen molar-refractivity contribution < 1.29 is 0 Å². The summed E-state index contributed by atoms with van der Waals surface area (Å²) in [5.41, 5.74) is 9.85. The van der Waals surface area contributed by atoms with E-state index in [1.54, 1.807) is 0 Å². The molecule has 0 saturated carbocycles. The Bertz CT molecular complexity index is 2410. The van der Waals surface area contributed by atoms with Crippen molar-refractivity contribution in [2.75, 3.05) is 0 Å². The molecule has 6 aromatic carbocycles. The number of fused-ring (bicyclic) bond motifs is 4. The van der Waals surface area contributed by atoms with Gasteiger partial charge in [0.15, 0.2) is 5.82 Å². The van der Waals surface area contributed by atoms with E-state index in [1.807, 2.05) is 36.4 Å². The van der Waals surface area contributed by atoms with Crippen LogP contribution in [-0.2, 0) is 0 Å². The molecule has 0 amide bonds. The van der Waals surface area contributed by atoms with Gasteiger partial charge in [-0.25, -0.2) is 9.97 Å². The second-order valence-corrected chi connectivity index (χ2v) is 11.5. The summed E-state index contributed by atoms with van der Waals surface area (Å²) in [6.07, 6.45) is 2.22. The molecule has 4 nitrogen and oxygen atoms in total. The SMILES string of the molecule is c1ccc(-c2cc(-n3cc(-c4cccc(-n5c6ccccc6c6ccccc65)c4)c4ccccc43)nc(-c3ccccc3)n2)cc1. The fraction of sp³-hybridized carbons (Fsp3) is 0. The zero-order valence-electron chi connectivity index (χ0n) is 25.0.